The minimum Gasteiger partial charge on any atom is -0.317 e. The highest BCUT2D eigenvalue weighted by atomic mass is 79.9. The SMILES string of the molecule is O=C(CBr)Nc1ccc(NC(=O)CBr)s1. The lowest BCUT2D eigenvalue weighted by molar-refractivity contribution is -0.114. The Labute approximate surface area is 108 Å². The first-order valence-electron chi connectivity index (χ1n) is 3.97. The maximum absolute atomic E-state index is 11.0. The number of halogens is 2. The molecule has 0 aliphatic rings. The summed E-state index contributed by atoms with van der Waals surface area (Å²) in [5.74, 6) is -0.231. The largest absolute Gasteiger partial charge is 0.317 e. The molecule has 0 saturated carbocycles. The molecule has 15 heavy (non-hydrogen) atoms. The molecule has 1 aromatic rings. The van der Waals surface area contributed by atoms with Gasteiger partial charge in [-0.1, -0.05) is 31.9 Å². The topological polar surface area (TPSA) is 58.2 Å². The Kier molecular flexibility index (Phi) is 5.27. The van der Waals surface area contributed by atoms with Crippen LogP contribution in [0.25, 0.3) is 0 Å². The average Bonchev–Trinajstić information content (AvgIpc) is 2.65. The van der Waals surface area contributed by atoms with Crippen molar-refractivity contribution >= 4 is 65.0 Å². The van der Waals surface area contributed by atoms with Crippen molar-refractivity contribution in [3.63, 3.8) is 0 Å². The Hall–Kier alpha value is -0.400. The van der Waals surface area contributed by atoms with Crippen LogP contribution in [0.2, 0.25) is 0 Å². The summed E-state index contributed by atoms with van der Waals surface area (Å²) < 4.78 is 0. The van der Waals surface area contributed by atoms with E-state index in [1.807, 2.05) is 0 Å². The van der Waals surface area contributed by atoms with Crippen molar-refractivity contribution in [3.05, 3.63) is 12.1 Å². The zero-order valence-corrected chi connectivity index (χ0v) is 11.5. The van der Waals surface area contributed by atoms with Crippen LogP contribution in [0.3, 0.4) is 0 Å². The van der Waals surface area contributed by atoms with E-state index in [2.05, 4.69) is 42.5 Å². The van der Waals surface area contributed by atoms with Crippen LogP contribution in [0.5, 0.6) is 0 Å². The Morgan fingerprint density at radius 2 is 1.47 bits per heavy atom. The molecule has 1 heterocycles. The molecule has 0 aliphatic carbocycles. The molecule has 82 valence electrons. The fraction of sp³-hybridized carbons (Fsp3) is 0.250. The molecule has 0 spiro atoms. The number of anilines is 2. The van der Waals surface area contributed by atoms with Crippen molar-refractivity contribution in [2.24, 2.45) is 0 Å². The van der Waals surface area contributed by atoms with Crippen molar-refractivity contribution in [1.82, 2.24) is 0 Å². The molecular weight excluding hydrogens is 348 g/mol. The molecule has 0 aromatic carbocycles. The Morgan fingerprint density at radius 3 is 1.80 bits per heavy atom. The molecule has 0 bridgehead atoms. The fourth-order valence-electron chi connectivity index (χ4n) is 0.814. The summed E-state index contributed by atoms with van der Waals surface area (Å²) in [7, 11) is 0. The van der Waals surface area contributed by atoms with Gasteiger partial charge in [0.05, 0.1) is 20.7 Å². The Bertz CT molecular complexity index is 335. The van der Waals surface area contributed by atoms with Gasteiger partial charge in [-0.05, 0) is 12.1 Å². The van der Waals surface area contributed by atoms with E-state index in [0.717, 1.165) is 0 Å². The monoisotopic (exact) mass is 354 g/mol. The van der Waals surface area contributed by atoms with Crippen molar-refractivity contribution in [2.45, 2.75) is 0 Å². The lowest BCUT2D eigenvalue weighted by Crippen LogP contribution is -2.11. The van der Waals surface area contributed by atoms with Crippen LogP contribution in [-0.4, -0.2) is 22.5 Å². The normalized spacial score (nSPS) is 9.73. The number of hydrogen-bond donors (Lipinski definition) is 2. The first-order chi connectivity index (χ1) is 7.15. The van der Waals surface area contributed by atoms with Gasteiger partial charge in [-0.25, -0.2) is 0 Å². The van der Waals surface area contributed by atoms with E-state index in [1.165, 1.54) is 11.3 Å². The van der Waals surface area contributed by atoms with Crippen LogP contribution in [0.4, 0.5) is 10.0 Å². The smallest absolute Gasteiger partial charge is 0.235 e. The van der Waals surface area contributed by atoms with E-state index in [-0.39, 0.29) is 22.5 Å². The number of carbonyl (C=O) groups excluding carboxylic acids is 2. The minimum atomic E-state index is -0.116. The van der Waals surface area contributed by atoms with Crippen molar-refractivity contribution < 1.29 is 9.59 Å². The number of rotatable bonds is 4. The fourth-order valence-corrected chi connectivity index (χ4v) is 1.93. The highest BCUT2D eigenvalue weighted by Crippen LogP contribution is 2.26. The Morgan fingerprint density at radius 1 is 1.07 bits per heavy atom. The number of thiophene rings is 1. The van der Waals surface area contributed by atoms with Crippen LogP contribution in [-0.2, 0) is 9.59 Å². The third-order valence-electron chi connectivity index (χ3n) is 1.37. The van der Waals surface area contributed by atoms with Crippen LogP contribution in [0, 0.1) is 0 Å². The molecule has 0 fully saturated rings. The van der Waals surface area contributed by atoms with Crippen LogP contribution in [0.15, 0.2) is 12.1 Å². The first kappa shape index (κ1) is 12.7. The summed E-state index contributed by atoms with van der Waals surface area (Å²) in [5, 5.41) is 7.29. The average molecular weight is 356 g/mol. The van der Waals surface area contributed by atoms with Gasteiger partial charge in [-0.15, -0.1) is 11.3 Å². The highest BCUT2D eigenvalue weighted by Gasteiger charge is 2.05. The quantitative estimate of drug-likeness (QED) is 0.815. The third-order valence-corrected chi connectivity index (χ3v) is 3.31. The van der Waals surface area contributed by atoms with E-state index in [4.69, 9.17) is 0 Å². The number of alkyl halides is 2. The highest BCUT2D eigenvalue weighted by molar-refractivity contribution is 9.09. The summed E-state index contributed by atoms with van der Waals surface area (Å²) in [5.41, 5.74) is 0. The Balaban J connectivity index is 2.56. The van der Waals surface area contributed by atoms with Crippen molar-refractivity contribution in [1.29, 1.82) is 0 Å². The van der Waals surface area contributed by atoms with E-state index in [9.17, 15) is 9.59 Å². The lowest BCUT2D eigenvalue weighted by Gasteiger charge is -1.98. The van der Waals surface area contributed by atoms with Gasteiger partial charge in [-0.2, -0.15) is 0 Å². The van der Waals surface area contributed by atoms with Crippen molar-refractivity contribution in [3.8, 4) is 0 Å². The van der Waals surface area contributed by atoms with Gasteiger partial charge in [0.15, 0.2) is 0 Å². The number of carbonyl (C=O) groups is 2. The van der Waals surface area contributed by atoms with E-state index in [0.29, 0.717) is 10.0 Å². The molecule has 7 heteroatoms. The molecule has 1 aromatic heterocycles. The second-order valence-electron chi connectivity index (χ2n) is 2.53. The molecular formula is C8H8Br2N2O2S. The van der Waals surface area contributed by atoms with E-state index >= 15 is 0 Å². The van der Waals surface area contributed by atoms with Gasteiger partial charge in [0, 0.05) is 0 Å². The molecule has 0 aliphatic heterocycles. The van der Waals surface area contributed by atoms with Gasteiger partial charge in [0.25, 0.3) is 0 Å². The summed E-state index contributed by atoms with van der Waals surface area (Å²) >= 11 is 7.41. The molecule has 2 amide bonds. The van der Waals surface area contributed by atoms with Gasteiger partial charge < -0.3 is 10.6 Å². The molecule has 0 unspecified atom stereocenters. The molecule has 0 atom stereocenters. The molecule has 4 nitrogen and oxygen atoms in total. The molecule has 0 saturated heterocycles. The van der Waals surface area contributed by atoms with E-state index in [1.54, 1.807) is 12.1 Å². The number of hydrogen-bond acceptors (Lipinski definition) is 3. The van der Waals surface area contributed by atoms with Crippen molar-refractivity contribution in [2.75, 3.05) is 21.3 Å². The minimum absolute atomic E-state index is 0.116. The summed E-state index contributed by atoms with van der Waals surface area (Å²) in [6, 6.07) is 3.49. The first-order valence-corrected chi connectivity index (χ1v) is 7.03. The number of nitrogens with one attached hydrogen (secondary N) is 2. The van der Waals surface area contributed by atoms with Gasteiger partial charge in [-0.3, -0.25) is 9.59 Å². The zero-order valence-electron chi connectivity index (χ0n) is 7.55. The number of amides is 2. The van der Waals surface area contributed by atoms with Crippen LogP contribution >= 0.6 is 43.2 Å². The van der Waals surface area contributed by atoms with Gasteiger partial charge in [0.1, 0.15) is 0 Å². The standard InChI is InChI=1S/C8H8Br2N2O2S/c9-3-5(13)11-7-1-2-8(15-7)12-6(14)4-10/h1-2H,3-4H2,(H,11,13)(H,12,14). The maximum Gasteiger partial charge on any atom is 0.235 e. The molecule has 1 rings (SSSR count). The van der Waals surface area contributed by atoms with E-state index < -0.39 is 0 Å². The second kappa shape index (κ2) is 6.24. The summed E-state index contributed by atoms with van der Waals surface area (Å²) in [6.45, 7) is 0. The zero-order chi connectivity index (χ0) is 11.3. The predicted octanol–water partition coefficient (Wildman–Crippen LogP) is 2.41. The lowest BCUT2D eigenvalue weighted by atomic mass is 10.5. The maximum atomic E-state index is 11.0. The summed E-state index contributed by atoms with van der Waals surface area (Å²) in [6.07, 6.45) is 0. The molecule has 2 N–H and O–H groups in total. The predicted molar refractivity (Wildman–Crippen MR) is 69.2 cm³/mol. The van der Waals surface area contributed by atoms with Crippen LogP contribution in [0.1, 0.15) is 0 Å². The van der Waals surface area contributed by atoms with Gasteiger partial charge >= 0.3 is 0 Å². The van der Waals surface area contributed by atoms with Gasteiger partial charge in [0.2, 0.25) is 11.8 Å². The van der Waals surface area contributed by atoms with Crippen LogP contribution < -0.4 is 10.6 Å². The third kappa shape index (κ3) is 4.31. The second-order valence-corrected chi connectivity index (χ2v) is 4.73. The summed E-state index contributed by atoms with van der Waals surface area (Å²) in [4.78, 5) is 22.0. The molecule has 0 radical (unpaired) electrons.